The molecule has 0 saturated heterocycles. The third-order valence-corrected chi connectivity index (χ3v) is 3.90. The molecular weight excluding hydrogens is 280 g/mol. The van der Waals surface area contributed by atoms with Gasteiger partial charge in [0.1, 0.15) is 0 Å². The Morgan fingerprint density at radius 1 is 1.40 bits per heavy atom. The fraction of sp³-hybridized carbons (Fsp3) is 0.429. The number of carboxylic acid groups (broad SMARTS) is 1. The molecule has 0 spiro atoms. The number of hydrogen-bond acceptors (Lipinski definition) is 2. The van der Waals surface area contributed by atoms with E-state index < -0.39 is 18.0 Å². The van der Waals surface area contributed by atoms with E-state index in [1.807, 2.05) is 13.8 Å². The highest BCUT2D eigenvalue weighted by Crippen LogP contribution is 2.44. The quantitative estimate of drug-likeness (QED) is 0.799. The number of rotatable bonds is 4. The molecular formula is C14H17ClN2O3. The van der Waals surface area contributed by atoms with Crippen molar-refractivity contribution < 1.29 is 14.7 Å². The Balaban J connectivity index is 2.05. The lowest BCUT2D eigenvalue weighted by Gasteiger charge is -2.17. The van der Waals surface area contributed by atoms with E-state index in [0.29, 0.717) is 10.6 Å². The maximum Gasteiger partial charge on any atom is 0.331 e. The van der Waals surface area contributed by atoms with Crippen LogP contribution in [0.3, 0.4) is 0 Å². The van der Waals surface area contributed by atoms with Crippen LogP contribution in [0, 0.1) is 5.41 Å². The fourth-order valence-corrected chi connectivity index (χ4v) is 2.27. The molecule has 0 aromatic heterocycles. The lowest BCUT2D eigenvalue weighted by atomic mass is 10.1. The Hall–Kier alpha value is -1.75. The maximum absolute atomic E-state index is 11.9. The van der Waals surface area contributed by atoms with Crippen LogP contribution in [0.15, 0.2) is 24.3 Å². The number of amides is 2. The highest BCUT2D eigenvalue weighted by molar-refractivity contribution is 6.31. The van der Waals surface area contributed by atoms with Crippen molar-refractivity contribution in [3.63, 3.8) is 0 Å². The molecule has 1 aromatic rings. The molecule has 1 saturated carbocycles. The molecule has 0 bridgehead atoms. The van der Waals surface area contributed by atoms with E-state index in [-0.39, 0.29) is 11.5 Å². The lowest BCUT2D eigenvalue weighted by Crippen LogP contribution is -2.42. The number of benzene rings is 1. The van der Waals surface area contributed by atoms with Crippen molar-refractivity contribution in [1.82, 2.24) is 10.6 Å². The molecule has 1 aromatic carbocycles. The summed E-state index contributed by atoms with van der Waals surface area (Å²) in [5.74, 6) is -1.15. The smallest absolute Gasteiger partial charge is 0.331 e. The normalized spacial score (nSPS) is 20.9. The second kappa shape index (κ2) is 5.32. The summed E-state index contributed by atoms with van der Waals surface area (Å²) < 4.78 is 0. The Labute approximate surface area is 122 Å². The Morgan fingerprint density at radius 2 is 2.00 bits per heavy atom. The molecule has 1 aliphatic rings. The predicted molar refractivity (Wildman–Crippen MR) is 75.7 cm³/mol. The molecule has 0 radical (unpaired) electrons. The standard InChI is InChI=1S/C14H17ClN2O3/c1-14(2)7-10(14)16-13(20)17-11(12(18)19)8-5-3-4-6-9(8)15/h3-6,10-11H,7H2,1-2H3,(H,18,19)(H2,16,17,20)/t10?,11-/m1/s1. The van der Waals surface area contributed by atoms with Crippen LogP contribution in [0.4, 0.5) is 4.79 Å². The van der Waals surface area contributed by atoms with Gasteiger partial charge in [-0.05, 0) is 17.9 Å². The number of halogens is 1. The number of carbonyl (C=O) groups excluding carboxylic acids is 1. The number of nitrogens with one attached hydrogen (secondary N) is 2. The van der Waals surface area contributed by atoms with Crippen LogP contribution in [-0.2, 0) is 4.79 Å². The van der Waals surface area contributed by atoms with Crippen LogP contribution < -0.4 is 10.6 Å². The molecule has 2 amide bonds. The molecule has 1 unspecified atom stereocenters. The summed E-state index contributed by atoms with van der Waals surface area (Å²) in [4.78, 5) is 23.2. The summed E-state index contributed by atoms with van der Waals surface area (Å²) in [6.45, 7) is 4.08. The van der Waals surface area contributed by atoms with Crippen LogP contribution in [0.1, 0.15) is 31.9 Å². The summed E-state index contributed by atoms with van der Waals surface area (Å²) in [5, 5.41) is 14.8. The van der Waals surface area contributed by atoms with Crippen molar-refractivity contribution in [1.29, 1.82) is 0 Å². The number of hydrogen-bond donors (Lipinski definition) is 3. The zero-order valence-corrected chi connectivity index (χ0v) is 12.1. The van der Waals surface area contributed by atoms with E-state index in [2.05, 4.69) is 10.6 Å². The molecule has 0 aliphatic heterocycles. The van der Waals surface area contributed by atoms with E-state index in [1.54, 1.807) is 24.3 Å². The van der Waals surface area contributed by atoms with Crippen LogP contribution in [0.25, 0.3) is 0 Å². The van der Waals surface area contributed by atoms with Gasteiger partial charge in [0.25, 0.3) is 0 Å². The Kier molecular flexibility index (Phi) is 3.90. The second-order valence-corrected chi connectivity index (χ2v) is 6.06. The number of urea groups is 1. The third-order valence-electron chi connectivity index (χ3n) is 3.56. The minimum Gasteiger partial charge on any atom is -0.479 e. The summed E-state index contributed by atoms with van der Waals surface area (Å²) in [6, 6.07) is 5.00. The van der Waals surface area contributed by atoms with Crippen molar-refractivity contribution in [2.45, 2.75) is 32.4 Å². The maximum atomic E-state index is 11.9. The average Bonchev–Trinajstić information content (AvgIpc) is 2.94. The van der Waals surface area contributed by atoms with Gasteiger partial charge in [-0.25, -0.2) is 9.59 Å². The summed E-state index contributed by atoms with van der Waals surface area (Å²) in [6.07, 6.45) is 0.893. The average molecular weight is 297 g/mol. The van der Waals surface area contributed by atoms with Gasteiger partial charge in [-0.15, -0.1) is 0 Å². The fourth-order valence-electron chi connectivity index (χ4n) is 2.03. The molecule has 20 heavy (non-hydrogen) atoms. The molecule has 0 heterocycles. The Bertz CT molecular complexity index is 545. The minimum atomic E-state index is -1.16. The summed E-state index contributed by atoms with van der Waals surface area (Å²) >= 11 is 5.97. The first-order valence-corrected chi connectivity index (χ1v) is 6.73. The van der Waals surface area contributed by atoms with Gasteiger partial charge in [0.05, 0.1) is 0 Å². The number of carboxylic acids is 1. The molecule has 6 heteroatoms. The topological polar surface area (TPSA) is 78.4 Å². The molecule has 5 nitrogen and oxygen atoms in total. The van der Waals surface area contributed by atoms with Gasteiger partial charge in [0, 0.05) is 16.6 Å². The van der Waals surface area contributed by atoms with Crippen molar-refractivity contribution in [2.24, 2.45) is 5.41 Å². The van der Waals surface area contributed by atoms with Gasteiger partial charge in [-0.1, -0.05) is 43.6 Å². The van der Waals surface area contributed by atoms with Crippen molar-refractivity contribution >= 4 is 23.6 Å². The van der Waals surface area contributed by atoms with Gasteiger partial charge < -0.3 is 15.7 Å². The van der Waals surface area contributed by atoms with Crippen LogP contribution in [0.2, 0.25) is 5.02 Å². The van der Waals surface area contributed by atoms with Gasteiger partial charge >= 0.3 is 12.0 Å². The monoisotopic (exact) mass is 296 g/mol. The zero-order chi connectivity index (χ0) is 14.9. The number of carbonyl (C=O) groups is 2. The molecule has 1 fully saturated rings. The first-order chi connectivity index (χ1) is 9.31. The SMILES string of the molecule is CC1(C)CC1NC(=O)N[C@@H](C(=O)O)c1ccccc1Cl. The third kappa shape index (κ3) is 3.22. The van der Waals surface area contributed by atoms with E-state index in [0.717, 1.165) is 6.42 Å². The molecule has 2 atom stereocenters. The van der Waals surface area contributed by atoms with Crippen molar-refractivity contribution in [3.8, 4) is 0 Å². The van der Waals surface area contributed by atoms with Gasteiger partial charge in [0.15, 0.2) is 6.04 Å². The van der Waals surface area contributed by atoms with E-state index in [1.165, 1.54) is 0 Å². The molecule has 2 rings (SSSR count). The summed E-state index contributed by atoms with van der Waals surface area (Å²) in [5.41, 5.74) is 0.451. The van der Waals surface area contributed by atoms with Crippen LogP contribution >= 0.6 is 11.6 Å². The molecule has 108 valence electrons. The van der Waals surface area contributed by atoms with Gasteiger partial charge in [0.2, 0.25) is 0 Å². The van der Waals surface area contributed by atoms with E-state index in [9.17, 15) is 14.7 Å². The highest BCUT2D eigenvalue weighted by atomic mass is 35.5. The second-order valence-electron chi connectivity index (χ2n) is 5.66. The number of aliphatic carboxylic acids is 1. The van der Waals surface area contributed by atoms with Gasteiger partial charge in [-0.3, -0.25) is 0 Å². The zero-order valence-electron chi connectivity index (χ0n) is 11.3. The minimum absolute atomic E-state index is 0.0838. The first kappa shape index (κ1) is 14.7. The van der Waals surface area contributed by atoms with Crippen LogP contribution in [-0.4, -0.2) is 23.1 Å². The van der Waals surface area contributed by atoms with Gasteiger partial charge in [-0.2, -0.15) is 0 Å². The first-order valence-electron chi connectivity index (χ1n) is 6.35. The van der Waals surface area contributed by atoms with E-state index >= 15 is 0 Å². The van der Waals surface area contributed by atoms with Crippen molar-refractivity contribution in [3.05, 3.63) is 34.9 Å². The van der Waals surface area contributed by atoms with E-state index in [4.69, 9.17) is 11.6 Å². The molecule has 1 aliphatic carbocycles. The highest BCUT2D eigenvalue weighted by Gasteiger charge is 2.46. The van der Waals surface area contributed by atoms with Crippen LogP contribution in [0.5, 0.6) is 0 Å². The Morgan fingerprint density at radius 3 is 2.50 bits per heavy atom. The van der Waals surface area contributed by atoms with Crippen molar-refractivity contribution in [2.75, 3.05) is 0 Å². The molecule has 3 N–H and O–H groups in total. The lowest BCUT2D eigenvalue weighted by molar-refractivity contribution is -0.139. The summed E-state index contributed by atoms with van der Waals surface area (Å²) in [7, 11) is 0. The predicted octanol–water partition coefficient (Wildman–Crippen LogP) is 2.56. The largest absolute Gasteiger partial charge is 0.479 e.